The predicted molar refractivity (Wildman–Crippen MR) is 89.3 cm³/mol. The van der Waals surface area contributed by atoms with E-state index >= 15 is 0 Å². The highest BCUT2D eigenvalue weighted by Gasteiger charge is 2.41. The van der Waals surface area contributed by atoms with Gasteiger partial charge in [-0.15, -0.1) is 0 Å². The number of fused-ring (bicyclic) bond motifs is 1. The lowest BCUT2D eigenvalue weighted by Gasteiger charge is -2.20. The molecule has 134 valence electrons. The molecule has 7 heteroatoms. The Kier molecular flexibility index (Phi) is 4.97. The molecule has 0 bridgehead atoms. The van der Waals surface area contributed by atoms with Crippen molar-refractivity contribution in [3.63, 3.8) is 0 Å². The first-order valence-corrected chi connectivity index (χ1v) is 8.01. The Bertz CT molecular complexity index is 832. The molecule has 6 nitrogen and oxygen atoms in total. The van der Waals surface area contributed by atoms with Crippen LogP contribution in [0.3, 0.4) is 0 Å². The molecule has 0 N–H and O–H groups in total. The molecule has 0 radical (unpaired) electrons. The molecule has 2 amide bonds. The minimum atomic E-state index is -1.07. The van der Waals surface area contributed by atoms with E-state index in [-0.39, 0.29) is 30.1 Å². The van der Waals surface area contributed by atoms with E-state index in [9.17, 15) is 18.8 Å². The van der Waals surface area contributed by atoms with E-state index in [1.165, 1.54) is 37.3 Å². The highest BCUT2D eigenvalue weighted by atomic mass is 19.1. The third-order valence-corrected chi connectivity index (χ3v) is 3.98. The van der Waals surface area contributed by atoms with E-state index in [0.717, 1.165) is 4.90 Å². The molecular weight excluding hydrogens is 341 g/mol. The zero-order valence-corrected chi connectivity index (χ0v) is 14.0. The zero-order chi connectivity index (χ0) is 18.7. The van der Waals surface area contributed by atoms with Gasteiger partial charge in [-0.1, -0.05) is 24.3 Å². The van der Waals surface area contributed by atoms with Gasteiger partial charge in [0.1, 0.15) is 19.3 Å². The van der Waals surface area contributed by atoms with Crippen molar-refractivity contribution in [3.05, 3.63) is 65.5 Å². The number of hydrogen-bond donors (Lipinski definition) is 0. The van der Waals surface area contributed by atoms with Crippen LogP contribution in [0.1, 0.15) is 27.6 Å². The van der Waals surface area contributed by atoms with Crippen molar-refractivity contribution in [2.75, 3.05) is 13.2 Å². The van der Waals surface area contributed by atoms with Crippen molar-refractivity contribution in [3.8, 4) is 5.75 Å². The number of carbonyl (C=O) groups excluding carboxylic acids is 3. The van der Waals surface area contributed by atoms with Gasteiger partial charge < -0.3 is 9.47 Å². The first-order valence-electron chi connectivity index (χ1n) is 8.01. The summed E-state index contributed by atoms with van der Waals surface area (Å²) in [4.78, 5) is 37.7. The van der Waals surface area contributed by atoms with Crippen LogP contribution in [0.15, 0.2) is 48.5 Å². The Hall–Kier alpha value is -3.22. The van der Waals surface area contributed by atoms with Gasteiger partial charge in [-0.3, -0.25) is 14.5 Å². The van der Waals surface area contributed by atoms with E-state index in [1.54, 1.807) is 18.2 Å². The van der Waals surface area contributed by atoms with Crippen LogP contribution in [0.2, 0.25) is 0 Å². The van der Waals surface area contributed by atoms with Crippen molar-refractivity contribution in [2.24, 2.45) is 0 Å². The number of nitrogens with zero attached hydrogens (tertiary/aromatic N) is 1. The van der Waals surface area contributed by atoms with Crippen molar-refractivity contribution >= 4 is 17.8 Å². The second kappa shape index (κ2) is 7.35. The Labute approximate surface area is 149 Å². The van der Waals surface area contributed by atoms with Crippen molar-refractivity contribution in [2.45, 2.75) is 13.0 Å². The van der Waals surface area contributed by atoms with Crippen molar-refractivity contribution < 1.29 is 28.2 Å². The molecule has 0 aromatic heterocycles. The number of para-hydroxylation sites is 1. The highest BCUT2D eigenvalue weighted by molar-refractivity contribution is 6.22. The quantitative estimate of drug-likeness (QED) is 0.451. The molecule has 0 aliphatic carbocycles. The monoisotopic (exact) mass is 357 g/mol. The largest absolute Gasteiger partial charge is 0.487 e. The Balaban J connectivity index is 1.55. The molecule has 1 aliphatic rings. The molecular formula is C19H16FNO5. The van der Waals surface area contributed by atoms with Gasteiger partial charge in [-0.2, -0.15) is 0 Å². The average Bonchev–Trinajstić information content (AvgIpc) is 2.90. The van der Waals surface area contributed by atoms with E-state index in [2.05, 4.69) is 0 Å². The third-order valence-electron chi connectivity index (χ3n) is 3.98. The third kappa shape index (κ3) is 3.28. The van der Waals surface area contributed by atoms with Crippen LogP contribution in [-0.2, 0) is 9.53 Å². The molecule has 2 aromatic carbocycles. The minimum absolute atomic E-state index is 0.0527. The predicted octanol–water partition coefficient (Wildman–Crippen LogP) is 2.43. The summed E-state index contributed by atoms with van der Waals surface area (Å²) >= 11 is 0. The Morgan fingerprint density at radius 1 is 1.00 bits per heavy atom. The smallest absolute Gasteiger partial charge is 0.329 e. The van der Waals surface area contributed by atoms with Crippen LogP contribution >= 0.6 is 0 Å². The highest BCUT2D eigenvalue weighted by Crippen LogP contribution is 2.24. The molecule has 1 aliphatic heterocycles. The summed E-state index contributed by atoms with van der Waals surface area (Å²) in [5.74, 6) is -2.26. The summed E-state index contributed by atoms with van der Waals surface area (Å²) in [6.45, 7) is 1.23. The van der Waals surface area contributed by atoms with E-state index in [1.807, 2.05) is 0 Å². The maximum Gasteiger partial charge on any atom is 0.329 e. The van der Waals surface area contributed by atoms with Gasteiger partial charge in [-0.05, 0) is 31.2 Å². The molecule has 0 spiro atoms. The number of ether oxygens (including phenoxy) is 2. The molecule has 0 saturated heterocycles. The van der Waals surface area contributed by atoms with Gasteiger partial charge in [0, 0.05) is 0 Å². The van der Waals surface area contributed by atoms with Crippen molar-refractivity contribution in [1.29, 1.82) is 0 Å². The van der Waals surface area contributed by atoms with Gasteiger partial charge in [0.15, 0.2) is 11.6 Å². The summed E-state index contributed by atoms with van der Waals surface area (Å²) in [7, 11) is 0. The lowest BCUT2D eigenvalue weighted by atomic mass is 10.1. The van der Waals surface area contributed by atoms with Crippen molar-refractivity contribution in [1.82, 2.24) is 4.90 Å². The standard InChI is InChI=1S/C19H16FNO5/c1-12(21-17(22)13-6-2-3-7-14(13)18(21)23)19(24)26-11-10-25-16-9-5-4-8-15(16)20/h2-9,12H,10-11H2,1H3/t12-/m1/s1. The normalized spacial score (nSPS) is 14.2. The number of halogens is 1. The maximum atomic E-state index is 13.4. The molecule has 1 heterocycles. The molecule has 0 saturated carbocycles. The van der Waals surface area contributed by atoms with E-state index in [0.29, 0.717) is 0 Å². The summed E-state index contributed by atoms with van der Waals surface area (Å²) in [5, 5.41) is 0. The molecule has 0 unspecified atom stereocenters. The number of esters is 1. The van der Waals surface area contributed by atoms with Crippen LogP contribution in [0.25, 0.3) is 0 Å². The van der Waals surface area contributed by atoms with Crippen LogP contribution in [0, 0.1) is 5.82 Å². The van der Waals surface area contributed by atoms with Gasteiger partial charge in [0.05, 0.1) is 11.1 Å². The van der Waals surface area contributed by atoms with Crippen LogP contribution < -0.4 is 4.74 Å². The van der Waals surface area contributed by atoms with Crippen LogP contribution in [0.5, 0.6) is 5.75 Å². The number of carbonyl (C=O) groups is 3. The molecule has 2 aromatic rings. The van der Waals surface area contributed by atoms with Gasteiger partial charge >= 0.3 is 5.97 Å². The maximum absolute atomic E-state index is 13.4. The minimum Gasteiger partial charge on any atom is -0.487 e. The van der Waals surface area contributed by atoms with Crippen LogP contribution in [-0.4, -0.2) is 41.9 Å². The number of hydrogen-bond acceptors (Lipinski definition) is 5. The number of imide groups is 1. The Morgan fingerprint density at radius 2 is 1.58 bits per heavy atom. The van der Waals surface area contributed by atoms with Gasteiger partial charge in [0.2, 0.25) is 0 Å². The summed E-state index contributed by atoms with van der Waals surface area (Å²) < 4.78 is 23.6. The van der Waals surface area contributed by atoms with E-state index in [4.69, 9.17) is 9.47 Å². The van der Waals surface area contributed by atoms with Gasteiger partial charge in [0.25, 0.3) is 11.8 Å². The fourth-order valence-electron chi connectivity index (χ4n) is 2.64. The fourth-order valence-corrected chi connectivity index (χ4v) is 2.64. The fraction of sp³-hybridized carbons (Fsp3) is 0.211. The number of rotatable bonds is 6. The van der Waals surface area contributed by atoms with Crippen LogP contribution in [0.4, 0.5) is 4.39 Å². The molecule has 1 atom stereocenters. The second-order valence-corrected chi connectivity index (χ2v) is 5.65. The lowest BCUT2D eigenvalue weighted by molar-refractivity contribution is -0.148. The second-order valence-electron chi connectivity index (χ2n) is 5.65. The first kappa shape index (κ1) is 17.6. The first-order chi connectivity index (χ1) is 12.5. The van der Waals surface area contributed by atoms with Gasteiger partial charge in [-0.25, -0.2) is 9.18 Å². The number of amides is 2. The summed E-state index contributed by atoms with van der Waals surface area (Å²) in [6.07, 6.45) is 0. The summed E-state index contributed by atoms with van der Waals surface area (Å²) in [6, 6.07) is 11.2. The summed E-state index contributed by atoms with van der Waals surface area (Å²) in [5.41, 5.74) is 0.528. The SMILES string of the molecule is C[C@H](C(=O)OCCOc1ccccc1F)N1C(=O)c2ccccc2C1=O. The molecule has 0 fully saturated rings. The average molecular weight is 357 g/mol. The lowest BCUT2D eigenvalue weighted by Crippen LogP contribution is -2.44. The molecule has 3 rings (SSSR count). The number of benzene rings is 2. The zero-order valence-electron chi connectivity index (χ0n) is 14.0. The Morgan fingerprint density at radius 3 is 2.19 bits per heavy atom. The van der Waals surface area contributed by atoms with E-state index < -0.39 is 29.6 Å². The molecule has 26 heavy (non-hydrogen) atoms. The topological polar surface area (TPSA) is 72.9 Å².